The van der Waals surface area contributed by atoms with Crippen LogP contribution in [-0.2, 0) is 29.0 Å². The van der Waals surface area contributed by atoms with Gasteiger partial charge in [0.25, 0.3) is 0 Å². The molecule has 0 unspecified atom stereocenters. The third-order valence-electron chi connectivity index (χ3n) is 6.96. The topological polar surface area (TPSA) is 135 Å². The Morgan fingerprint density at radius 3 is 2.17 bits per heavy atom. The summed E-state index contributed by atoms with van der Waals surface area (Å²) in [5.41, 5.74) is -0.498. The molecular weight excluding hydrogens is 540 g/mol. The molecule has 2 aliphatic rings. The average Bonchev–Trinajstić information content (AvgIpc) is 2.90. The first-order valence-electron chi connectivity index (χ1n) is 14.6. The summed E-state index contributed by atoms with van der Waals surface area (Å²) >= 11 is 0. The van der Waals surface area contributed by atoms with Crippen LogP contribution in [-0.4, -0.2) is 117 Å². The van der Waals surface area contributed by atoms with Gasteiger partial charge in [0.1, 0.15) is 12.1 Å². The third kappa shape index (κ3) is 12.2. The Labute approximate surface area is 240 Å². The van der Waals surface area contributed by atoms with Gasteiger partial charge in [-0.1, -0.05) is 13.3 Å². The van der Waals surface area contributed by atoms with E-state index >= 15 is 0 Å². The molecule has 0 atom stereocenters. The zero-order valence-corrected chi connectivity index (χ0v) is 25.8. The molecule has 0 saturated carbocycles. The molecule has 0 aromatic carbocycles. The normalized spacial score (nSPS) is 17.6. The summed E-state index contributed by atoms with van der Waals surface area (Å²) in [7, 11) is -3.63. The molecule has 40 heavy (non-hydrogen) atoms. The molecule has 2 fully saturated rings. The SMILES string of the molecule is CCCCS(=O)(=O)N(CCNC(=O)N1CCC(OCC2CCN(C(=O)OC(C)(C)C)CC2)CC1)CC(=O)OCC. The molecule has 2 aliphatic heterocycles. The number of carbonyl (C=O) groups excluding carboxylic acids is 3. The molecular formula is C27H50N4O8S. The minimum absolute atomic E-state index is 0.00290. The Bertz CT molecular complexity index is 908. The number of ether oxygens (including phenoxy) is 3. The van der Waals surface area contributed by atoms with Gasteiger partial charge >= 0.3 is 18.1 Å². The molecule has 2 heterocycles. The van der Waals surface area contributed by atoms with Crippen LogP contribution in [0.1, 0.15) is 73.1 Å². The molecule has 0 radical (unpaired) electrons. The van der Waals surface area contributed by atoms with Crippen molar-refractivity contribution in [3.63, 3.8) is 0 Å². The number of esters is 1. The lowest BCUT2D eigenvalue weighted by Gasteiger charge is -2.35. The summed E-state index contributed by atoms with van der Waals surface area (Å²) in [4.78, 5) is 40.3. The lowest BCUT2D eigenvalue weighted by Crippen LogP contribution is -2.48. The molecule has 0 aliphatic carbocycles. The second-order valence-corrected chi connectivity index (χ2v) is 13.6. The number of amides is 3. The van der Waals surface area contributed by atoms with E-state index < -0.39 is 21.6 Å². The molecule has 0 bridgehead atoms. The van der Waals surface area contributed by atoms with E-state index in [-0.39, 0.29) is 50.2 Å². The van der Waals surface area contributed by atoms with Crippen LogP contribution < -0.4 is 5.32 Å². The largest absolute Gasteiger partial charge is 0.465 e. The molecule has 13 heteroatoms. The fraction of sp³-hybridized carbons (Fsp3) is 0.889. The van der Waals surface area contributed by atoms with Crippen molar-refractivity contribution in [1.82, 2.24) is 19.4 Å². The lowest BCUT2D eigenvalue weighted by atomic mass is 9.98. The Kier molecular flexibility index (Phi) is 13.9. The number of carbonyl (C=O) groups is 3. The van der Waals surface area contributed by atoms with Gasteiger partial charge in [0.05, 0.1) is 18.5 Å². The van der Waals surface area contributed by atoms with E-state index in [1.807, 2.05) is 27.7 Å². The van der Waals surface area contributed by atoms with Crippen LogP contribution >= 0.6 is 0 Å². The molecule has 0 aromatic heterocycles. The van der Waals surface area contributed by atoms with Crippen molar-refractivity contribution >= 4 is 28.1 Å². The summed E-state index contributed by atoms with van der Waals surface area (Å²) in [6.07, 6.45) is 4.24. The number of nitrogens with zero attached hydrogens (tertiary/aromatic N) is 3. The number of rotatable bonds is 13. The molecule has 12 nitrogen and oxygen atoms in total. The van der Waals surface area contributed by atoms with Crippen molar-refractivity contribution in [1.29, 1.82) is 0 Å². The number of hydrogen-bond acceptors (Lipinski definition) is 8. The van der Waals surface area contributed by atoms with Gasteiger partial charge < -0.3 is 29.3 Å². The standard InChI is InChI=1S/C27H50N4O8S/c1-6-8-19-40(35,36)31(20-24(32)37-7-2)18-13-28-25(33)29-16-11-23(12-17-29)38-21-22-9-14-30(15-10-22)26(34)39-27(3,4)5/h22-23H,6-21H2,1-5H3,(H,28,33). The smallest absolute Gasteiger partial charge is 0.410 e. The average molecular weight is 591 g/mol. The summed E-state index contributed by atoms with van der Waals surface area (Å²) < 4.78 is 43.0. The maximum Gasteiger partial charge on any atom is 0.410 e. The van der Waals surface area contributed by atoms with Gasteiger partial charge in [0.2, 0.25) is 10.0 Å². The summed E-state index contributed by atoms with van der Waals surface area (Å²) in [6, 6.07) is -0.255. The van der Waals surface area contributed by atoms with E-state index in [9.17, 15) is 22.8 Å². The molecule has 0 aromatic rings. The number of piperidine rings is 2. The first kappa shape index (κ1) is 34.1. The van der Waals surface area contributed by atoms with Crippen molar-refractivity contribution in [3.05, 3.63) is 0 Å². The minimum atomic E-state index is -3.63. The quantitative estimate of drug-likeness (QED) is 0.324. The van der Waals surface area contributed by atoms with Crippen molar-refractivity contribution in [2.75, 3.05) is 64.8 Å². The van der Waals surface area contributed by atoms with Crippen LogP contribution in [0.3, 0.4) is 0 Å². The number of unbranched alkanes of at least 4 members (excludes halogenated alkanes) is 1. The van der Waals surface area contributed by atoms with Crippen LogP contribution in [0.4, 0.5) is 9.59 Å². The van der Waals surface area contributed by atoms with Crippen molar-refractivity contribution in [3.8, 4) is 0 Å². The maximum absolute atomic E-state index is 12.7. The van der Waals surface area contributed by atoms with Gasteiger partial charge in [0, 0.05) is 45.9 Å². The van der Waals surface area contributed by atoms with Gasteiger partial charge in [-0.05, 0) is 65.7 Å². The highest BCUT2D eigenvalue weighted by Gasteiger charge is 2.29. The number of urea groups is 1. The van der Waals surface area contributed by atoms with Gasteiger partial charge in [0.15, 0.2) is 0 Å². The first-order valence-corrected chi connectivity index (χ1v) is 16.2. The third-order valence-corrected chi connectivity index (χ3v) is 8.86. The van der Waals surface area contributed by atoms with Gasteiger partial charge in [-0.2, -0.15) is 4.31 Å². The Hall–Kier alpha value is -2.12. The number of hydrogen-bond donors (Lipinski definition) is 1. The second kappa shape index (κ2) is 16.4. The van der Waals surface area contributed by atoms with E-state index in [4.69, 9.17) is 14.2 Å². The molecule has 2 rings (SSSR count). The van der Waals surface area contributed by atoms with Crippen molar-refractivity contribution < 1.29 is 37.0 Å². The highest BCUT2D eigenvalue weighted by molar-refractivity contribution is 7.89. The van der Waals surface area contributed by atoms with Crippen LogP contribution in [0.15, 0.2) is 0 Å². The zero-order chi connectivity index (χ0) is 29.8. The highest BCUT2D eigenvalue weighted by atomic mass is 32.2. The van der Waals surface area contributed by atoms with Crippen molar-refractivity contribution in [2.24, 2.45) is 5.92 Å². The fourth-order valence-corrected chi connectivity index (χ4v) is 6.21. The Balaban J connectivity index is 1.69. The van der Waals surface area contributed by atoms with Crippen LogP contribution in [0, 0.1) is 5.92 Å². The minimum Gasteiger partial charge on any atom is -0.465 e. The highest BCUT2D eigenvalue weighted by Crippen LogP contribution is 2.22. The number of likely N-dealkylation sites (tertiary alicyclic amines) is 2. The summed E-state index contributed by atoms with van der Waals surface area (Å²) in [5, 5.41) is 2.79. The van der Waals surface area contributed by atoms with E-state index in [1.54, 1.807) is 16.7 Å². The number of sulfonamides is 1. The lowest BCUT2D eigenvalue weighted by molar-refractivity contribution is -0.143. The van der Waals surface area contributed by atoms with E-state index in [0.717, 1.165) is 36.4 Å². The molecule has 232 valence electrons. The second-order valence-electron chi connectivity index (χ2n) is 11.5. The molecule has 1 N–H and O–H groups in total. The zero-order valence-electron chi connectivity index (χ0n) is 25.0. The van der Waals surface area contributed by atoms with Gasteiger partial charge in [-0.3, -0.25) is 4.79 Å². The predicted molar refractivity (Wildman–Crippen MR) is 151 cm³/mol. The Morgan fingerprint density at radius 1 is 0.975 bits per heavy atom. The maximum atomic E-state index is 12.7. The monoisotopic (exact) mass is 590 g/mol. The van der Waals surface area contributed by atoms with Gasteiger partial charge in [-0.25, -0.2) is 18.0 Å². The fourth-order valence-electron chi connectivity index (χ4n) is 4.63. The van der Waals surface area contributed by atoms with Gasteiger partial charge in [-0.15, -0.1) is 0 Å². The van der Waals surface area contributed by atoms with E-state index in [0.29, 0.717) is 45.1 Å². The van der Waals surface area contributed by atoms with Crippen LogP contribution in [0.2, 0.25) is 0 Å². The number of nitrogens with one attached hydrogen (secondary N) is 1. The van der Waals surface area contributed by atoms with E-state index in [1.165, 1.54) is 0 Å². The predicted octanol–water partition coefficient (Wildman–Crippen LogP) is 2.82. The van der Waals surface area contributed by atoms with Crippen LogP contribution in [0.5, 0.6) is 0 Å². The molecule has 3 amide bonds. The van der Waals surface area contributed by atoms with Crippen molar-refractivity contribution in [2.45, 2.75) is 84.8 Å². The van der Waals surface area contributed by atoms with E-state index in [2.05, 4.69) is 5.32 Å². The first-order chi connectivity index (χ1) is 18.8. The van der Waals surface area contributed by atoms with Crippen LogP contribution in [0.25, 0.3) is 0 Å². The summed E-state index contributed by atoms with van der Waals surface area (Å²) in [5.74, 6) is -0.261. The Morgan fingerprint density at radius 2 is 1.60 bits per heavy atom. The molecule has 0 spiro atoms. The molecule has 2 saturated heterocycles. The summed E-state index contributed by atoms with van der Waals surface area (Å²) in [6.45, 7) is 12.1.